The summed E-state index contributed by atoms with van der Waals surface area (Å²) < 4.78 is 31.0. The van der Waals surface area contributed by atoms with E-state index in [4.69, 9.17) is 17.3 Å². The number of benzene rings is 1. The first kappa shape index (κ1) is 18.4. The van der Waals surface area contributed by atoms with Crippen LogP contribution in [0.25, 0.3) is 5.69 Å². The molecule has 10 heteroatoms. The Morgan fingerprint density at radius 2 is 1.96 bits per heavy atom. The molecule has 8 nitrogen and oxygen atoms in total. The van der Waals surface area contributed by atoms with E-state index in [1.54, 1.807) is 24.3 Å². The maximum Gasteiger partial charge on any atom is 0.306 e. The Balaban J connectivity index is 2.46. The summed E-state index contributed by atoms with van der Waals surface area (Å²) in [7, 11) is -2.64. The molecule has 0 saturated carbocycles. The third-order valence-electron chi connectivity index (χ3n) is 3.23. The Labute approximate surface area is 144 Å². The van der Waals surface area contributed by atoms with Crippen LogP contribution in [-0.4, -0.2) is 48.6 Å². The van der Waals surface area contributed by atoms with Crippen molar-refractivity contribution in [3.8, 4) is 5.69 Å². The molecule has 0 atom stereocenters. The molecule has 2 rings (SSSR count). The molecule has 0 aliphatic carbocycles. The molecule has 2 aromatic rings. The predicted octanol–water partition coefficient (Wildman–Crippen LogP) is 0.759. The van der Waals surface area contributed by atoms with Gasteiger partial charge >= 0.3 is 5.97 Å². The fourth-order valence-corrected chi connectivity index (χ4v) is 3.45. The first-order chi connectivity index (χ1) is 11.4. The Morgan fingerprint density at radius 3 is 2.54 bits per heavy atom. The molecule has 0 bridgehead atoms. The number of carbonyl (C=O) groups excluding carboxylic acids is 1. The van der Waals surface area contributed by atoms with Crippen molar-refractivity contribution in [3.63, 3.8) is 0 Å². The molecule has 0 unspecified atom stereocenters. The smallest absolute Gasteiger partial charge is 0.306 e. The summed E-state index contributed by atoms with van der Waals surface area (Å²) in [4.78, 5) is 11.2. The highest BCUT2D eigenvalue weighted by molar-refractivity contribution is 7.91. The van der Waals surface area contributed by atoms with E-state index < -0.39 is 21.6 Å². The van der Waals surface area contributed by atoms with Gasteiger partial charge in [0.15, 0.2) is 0 Å². The van der Waals surface area contributed by atoms with Crippen LogP contribution in [0.2, 0.25) is 5.02 Å². The molecule has 1 aromatic carbocycles. The van der Waals surface area contributed by atoms with E-state index in [-0.39, 0.29) is 18.1 Å². The Hall–Kier alpha value is -1.97. The van der Waals surface area contributed by atoms with Gasteiger partial charge in [0.1, 0.15) is 5.82 Å². The van der Waals surface area contributed by atoms with Crippen molar-refractivity contribution in [2.75, 3.05) is 19.4 Å². The van der Waals surface area contributed by atoms with Crippen molar-refractivity contribution in [2.45, 2.75) is 18.0 Å². The number of sulfone groups is 1. The highest BCUT2D eigenvalue weighted by Crippen LogP contribution is 2.20. The van der Waals surface area contributed by atoms with Gasteiger partial charge in [-0.05, 0) is 30.8 Å². The Morgan fingerprint density at radius 1 is 1.29 bits per heavy atom. The van der Waals surface area contributed by atoms with Crippen molar-refractivity contribution in [3.05, 3.63) is 35.1 Å². The number of hydrogen-bond donors (Lipinski definition) is 1. The van der Waals surface area contributed by atoms with E-state index in [0.29, 0.717) is 23.0 Å². The van der Waals surface area contributed by atoms with Crippen LogP contribution in [0, 0.1) is 0 Å². The average molecular weight is 373 g/mol. The number of hydrogen-bond acceptors (Lipinski definition) is 7. The second kappa shape index (κ2) is 7.73. The maximum atomic E-state index is 12.5. The topological polar surface area (TPSA) is 117 Å². The predicted molar refractivity (Wildman–Crippen MR) is 87.8 cm³/mol. The van der Waals surface area contributed by atoms with Crippen molar-refractivity contribution in [2.24, 2.45) is 5.73 Å². The van der Waals surface area contributed by atoms with Gasteiger partial charge in [-0.1, -0.05) is 11.6 Å². The van der Waals surface area contributed by atoms with Crippen LogP contribution in [0.5, 0.6) is 0 Å². The van der Waals surface area contributed by atoms with Crippen molar-refractivity contribution in [1.29, 1.82) is 0 Å². The van der Waals surface area contributed by atoms with Crippen LogP contribution >= 0.6 is 11.6 Å². The van der Waals surface area contributed by atoms with Gasteiger partial charge in [0.05, 0.1) is 19.3 Å². The van der Waals surface area contributed by atoms with Gasteiger partial charge in [-0.15, -0.1) is 10.2 Å². The minimum Gasteiger partial charge on any atom is -0.469 e. The first-order valence-electron chi connectivity index (χ1n) is 7.09. The van der Waals surface area contributed by atoms with Gasteiger partial charge < -0.3 is 10.5 Å². The van der Waals surface area contributed by atoms with Crippen molar-refractivity contribution >= 4 is 27.4 Å². The van der Waals surface area contributed by atoms with Crippen molar-refractivity contribution in [1.82, 2.24) is 14.8 Å². The number of halogens is 1. The molecule has 1 heterocycles. The number of nitrogens with zero attached hydrogens (tertiary/aromatic N) is 3. The number of methoxy groups -OCH3 is 1. The summed E-state index contributed by atoms with van der Waals surface area (Å²) in [6.45, 7) is 0.286. The van der Waals surface area contributed by atoms with Gasteiger partial charge in [0.25, 0.3) is 5.16 Å². The summed E-state index contributed by atoms with van der Waals surface area (Å²) >= 11 is 5.87. The highest BCUT2D eigenvalue weighted by atomic mass is 35.5. The number of rotatable bonds is 7. The van der Waals surface area contributed by atoms with Gasteiger partial charge in [-0.3, -0.25) is 9.36 Å². The zero-order valence-corrected chi connectivity index (χ0v) is 14.5. The number of nitrogens with two attached hydrogens (primary N) is 1. The Kier molecular flexibility index (Phi) is 5.92. The largest absolute Gasteiger partial charge is 0.469 e. The second-order valence-electron chi connectivity index (χ2n) is 4.89. The van der Waals surface area contributed by atoms with Gasteiger partial charge in [-0.25, -0.2) is 8.42 Å². The van der Waals surface area contributed by atoms with Crippen molar-refractivity contribution < 1.29 is 17.9 Å². The van der Waals surface area contributed by atoms with E-state index in [1.807, 2.05) is 0 Å². The highest BCUT2D eigenvalue weighted by Gasteiger charge is 2.26. The first-order valence-corrected chi connectivity index (χ1v) is 9.12. The molecule has 24 heavy (non-hydrogen) atoms. The number of ether oxygens (including phenoxy) is 1. The molecule has 0 amide bonds. The molecule has 1 aromatic heterocycles. The second-order valence-corrected chi connectivity index (χ2v) is 7.33. The molecule has 2 N–H and O–H groups in total. The zero-order chi connectivity index (χ0) is 17.7. The molecule has 130 valence electrons. The number of esters is 1. The lowest BCUT2D eigenvalue weighted by Gasteiger charge is -2.10. The molecule has 0 aliphatic heterocycles. The SMILES string of the molecule is COC(=O)CCS(=O)(=O)c1nnc(CCN)n1-c1ccc(Cl)cc1. The minimum absolute atomic E-state index is 0.239. The minimum atomic E-state index is -3.84. The third kappa shape index (κ3) is 4.11. The van der Waals surface area contributed by atoms with Crippen LogP contribution in [0.15, 0.2) is 29.4 Å². The monoisotopic (exact) mass is 372 g/mol. The van der Waals surface area contributed by atoms with Crippen LogP contribution in [0.3, 0.4) is 0 Å². The zero-order valence-electron chi connectivity index (χ0n) is 13.0. The normalized spacial score (nSPS) is 11.5. The van der Waals surface area contributed by atoms with E-state index in [0.717, 1.165) is 0 Å². The summed E-state index contributed by atoms with van der Waals surface area (Å²) in [5.41, 5.74) is 6.10. The molecule has 0 saturated heterocycles. The lowest BCUT2D eigenvalue weighted by Crippen LogP contribution is -2.18. The summed E-state index contributed by atoms with van der Waals surface area (Å²) in [6.07, 6.45) is 0.0840. The maximum absolute atomic E-state index is 12.5. The standard InChI is InChI=1S/C14H17ClN4O4S/c1-23-13(20)7-9-24(21,22)14-18-17-12(6-8-16)19(14)11-4-2-10(15)3-5-11/h2-5H,6-9,16H2,1H3. The molecule has 0 aliphatic rings. The van der Waals surface area contributed by atoms with Gasteiger partial charge in [0.2, 0.25) is 9.84 Å². The van der Waals surface area contributed by atoms with E-state index >= 15 is 0 Å². The summed E-state index contributed by atoms with van der Waals surface area (Å²) in [5, 5.41) is 7.99. The molecular weight excluding hydrogens is 356 g/mol. The van der Waals surface area contributed by atoms with Crippen LogP contribution in [0.4, 0.5) is 0 Å². The summed E-state index contributed by atoms with van der Waals surface area (Å²) in [5.74, 6) is -0.622. The fourth-order valence-electron chi connectivity index (χ4n) is 2.05. The molecular formula is C14H17ClN4O4S. The van der Waals surface area contributed by atoms with E-state index in [1.165, 1.54) is 11.7 Å². The molecule has 0 spiro atoms. The van der Waals surface area contributed by atoms with Gasteiger partial charge in [0, 0.05) is 17.1 Å². The summed E-state index contributed by atoms with van der Waals surface area (Å²) in [6, 6.07) is 6.58. The molecule has 0 fully saturated rings. The quantitative estimate of drug-likeness (QED) is 0.713. The van der Waals surface area contributed by atoms with Crippen LogP contribution in [-0.2, 0) is 25.8 Å². The number of carbonyl (C=O) groups is 1. The third-order valence-corrected chi connectivity index (χ3v) is 5.05. The Bertz CT molecular complexity index is 818. The fraction of sp³-hybridized carbons (Fsp3) is 0.357. The van der Waals surface area contributed by atoms with E-state index in [2.05, 4.69) is 14.9 Å². The van der Waals surface area contributed by atoms with E-state index in [9.17, 15) is 13.2 Å². The lowest BCUT2D eigenvalue weighted by atomic mass is 10.3. The van der Waals surface area contributed by atoms with Gasteiger partial charge in [-0.2, -0.15) is 0 Å². The van der Waals surface area contributed by atoms with Crippen LogP contribution < -0.4 is 5.73 Å². The lowest BCUT2D eigenvalue weighted by molar-refractivity contribution is -0.140. The number of aromatic nitrogens is 3. The molecule has 0 radical (unpaired) electrons. The van der Waals surface area contributed by atoms with Crippen LogP contribution in [0.1, 0.15) is 12.2 Å². The average Bonchev–Trinajstić information content (AvgIpc) is 2.98.